The largest absolute Gasteiger partial charge is 0.477 e. The maximum Gasteiger partial charge on any atom is 0.352 e. The molecular weight excluding hydrogens is 325 g/mol. The first kappa shape index (κ1) is 16.2. The Balaban J connectivity index is 2.01. The van der Waals surface area contributed by atoms with Crippen molar-refractivity contribution in [2.75, 3.05) is 0 Å². The lowest BCUT2D eigenvalue weighted by Crippen LogP contribution is -2.28. The van der Waals surface area contributed by atoms with E-state index in [4.69, 9.17) is 37.9 Å². The predicted octanol–water partition coefficient (Wildman–Crippen LogP) is 4.24. The molecule has 0 aromatic heterocycles. The number of hydrogen-bond acceptors (Lipinski definition) is 4. The summed E-state index contributed by atoms with van der Waals surface area (Å²) in [6, 6.07) is 12.9. The number of ether oxygens (including phenoxy) is 2. The van der Waals surface area contributed by atoms with Gasteiger partial charge in [-0.1, -0.05) is 23.2 Å². The Morgan fingerprint density at radius 1 is 1.18 bits per heavy atom. The smallest absolute Gasteiger partial charge is 0.352 e. The van der Waals surface area contributed by atoms with Crippen LogP contribution in [-0.4, -0.2) is 12.1 Å². The standard InChI is InChI=1S/C16H11Cl2NO3/c1-10(21-15-7-4-12(17)8-14(15)18)16(20)22-13-5-2-11(9-19)3-6-13/h2-8,10H,1H3/t10-/m1/s1. The van der Waals surface area contributed by atoms with Crippen molar-refractivity contribution in [3.05, 3.63) is 58.1 Å². The van der Waals surface area contributed by atoms with Crippen LogP contribution in [-0.2, 0) is 4.79 Å². The summed E-state index contributed by atoms with van der Waals surface area (Å²) in [6.45, 7) is 1.55. The second-order valence-corrected chi connectivity index (χ2v) is 5.24. The highest BCUT2D eigenvalue weighted by Crippen LogP contribution is 2.28. The number of nitriles is 1. The molecule has 0 aliphatic rings. The Morgan fingerprint density at radius 2 is 1.86 bits per heavy atom. The topological polar surface area (TPSA) is 59.3 Å². The maximum absolute atomic E-state index is 12.0. The molecule has 0 radical (unpaired) electrons. The van der Waals surface area contributed by atoms with Crippen LogP contribution in [0.5, 0.6) is 11.5 Å². The molecule has 0 heterocycles. The lowest BCUT2D eigenvalue weighted by Gasteiger charge is -2.14. The maximum atomic E-state index is 12.0. The number of halogens is 2. The summed E-state index contributed by atoms with van der Waals surface area (Å²) in [4.78, 5) is 12.0. The minimum atomic E-state index is -0.852. The van der Waals surface area contributed by atoms with E-state index < -0.39 is 12.1 Å². The van der Waals surface area contributed by atoms with Gasteiger partial charge in [-0.25, -0.2) is 4.79 Å². The van der Waals surface area contributed by atoms with Gasteiger partial charge < -0.3 is 9.47 Å². The third-order valence-electron chi connectivity index (χ3n) is 2.73. The van der Waals surface area contributed by atoms with Crippen LogP contribution in [0.3, 0.4) is 0 Å². The van der Waals surface area contributed by atoms with Gasteiger partial charge in [0.15, 0.2) is 6.10 Å². The van der Waals surface area contributed by atoms with Crippen molar-refractivity contribution in [2.45, 2.75) is 13.0 Å². The quantitative estimate of drug-likeness (QED) is 0.619. The fraction of sp³-hybridized carbons (Fsp3) is 0.125. The summed E-state index contributed by atoms with van der Waals surface area (Å²) < 4.78 is 10.6. The molecule has 6 heteroatoms. The SMILES string of the molecule is C[C@@H](Oc1ccc(Cl)cc1Cl)C(=O)Oc1ccc(C#N)cc1. The fourth-order valence-corrected chi connectivity index (χ4v) is 2.06. The van der Waals surface area contributed by atoms with Gasteiger partial charge in [-0.3, -0.25) is 0 Å². The van der Waals surface area contributed by atoms with Crippen LogP contribution in [0.4, 0.5) is 0 Å². The van der Waals surface area contributed by atoms with Crippen molar-refractivity contribution in [3.8, 4) is 17.6 Å². The molecule has 112 valence electrons. The highest BCUT2D eigenvalue weighted by atomic mass is 35.5. The third-order valence-corrected chi connectivity index (χ3v) is 3.26. The Morgan fingerprint density at radius 3 is 2.45 bits per heavy atom. The summed E-state index contributed by atoms with van der Waals surface area (Å²) in [5.41, 5.74) is 0.483. The molecule has 0 fully saturated rings. The Hall–Kier alpha value is -2.22. The number of nitrogens with zero attached hydrogens (tertiary/aromatic N) is 1. The Bertz CT molecular complexity index is 723. The zero-order valence-corrected chi connectivity index (χ0v) is 13.1. The summed E-state index contributed by atoms with van der Waals surface area (Å²) >= 11 is 11.8. The van der Waals surface area contributed by atoms with Crippen LogP contribution >= 0.6 is 23.2 Å². The summed E-state index contributed by atoms with van der Waals surface area (Å²) in [6.07, 6.45) is -0.852. The number of carbonyl (C=O) groups excluding carboxylic acids is 1. The van der Waals surface area contributed by atoms with E-state index in [1.807, 2.05) is 6.07 Å². The average Bonchev–Trinajstić information content (AvgIpc) is 2.50. The number of carbonyl (C=O) groups is 1. The van der Waals surface area contributed by atoms with Crippen LogP contribution in [0.15, 0.2) is 42.5 Å². The predicted molar refractivity (Wildman–Crippen MR) is 83.3 cm³/mol. The molecule has 2 rings (SSSR count). The minimum Gasteiger partial charge on any atom is -0.477 e. The molecule has 0 saturated heterocycles. The average molecular weight is 336 g/mol. The van der Waals surface area contributed by atoms with Crippen LogP contribution in [0, 0.1) is 11.3 Å². The highest BCUT2D eigenvalue weighted by molar-refractivity contribution is 6.35. The molecule has 22 heavy (non-hydrogen) atoms. The van der Waals surface area contributed by atoms with E-state index in [2.05, 4.69) is 0 Å². The fourth-order valence-electron chi connectivity index (χ4n) is 1.61. The molecule has 2 aromatic rings. The minimum absolute atomic E-state index is 0.311. The molecular formula is C16H11Cl2NO3. The van der Waals surface area contributed by atoms with Crippen molar-refractivity contribution < 1.29 is 14.3 Å². The van der Waals surface area contributed by atoms with Crippen LogP contribution in [0.25, 0.3) is 0 Å². The lowest BCUT2D eigenvalue weighted by atomic mass is 10.2. The normalized spacial score (nSPS) is 11.4. The van der Waals surface area contributed by atoms with Gasteiger partial charge in [0, 0.05) is 5.02 Å². The molecule has 4 nitrogen and oxygen atoms in total. The van der Waals surface area contributed by atoms with Crippen molar-refractivity contribution in [1.82, 2.24) is 0 Å². The van der Waals surface area contributed by atoms with Gasteiger partial charge in [0.1, 0.15) is 11.5 Å². The summed E-state index contributed by atoms with van der Waals surface area (Å²) in [5, 5.41) is 9.50. The zero-order chi connectivity index (χ0) is 16.1. The van der Waals surface area contributed by atoms with E-state index >= 15 is 0 Å². The van der Waals surface area contributed by atoms with Gasteiger partial charge in [-0.2, -0.15) is 5.26 Å². The summed E-state index contributed by atoms with van der Waals surface area (Å²) in [7, 11) is 0. The third kappa shape index (κ3) is 4.14. The van der Waals surface area contributed by atoms with Gasteiger partial charge in [-0.15, -0.1) is 0 Å². The first-order chi connectivity index (χ1) is 10.5. The number of rotatable bonds is 4. The molecule has 0 aliphatic carbocycles. The Kier molecular flexibility index (Phi) is 5.26. The van der Waals surface area contributed by atoms with Crippen molar-refractivity contribution in [2.24, 2.45) is 0 Å². The first-order valence-electron chi connectivity index (χ1n) is 6.33. The van der Waals surface area contributed by atoms with Crippen LogP contribution < -0.4 is 9.47 Å². The zero-order valence-electron chi connectivity index (χ0n) is 11.5. The molecule has 0 aliphatic heterocycles. The van der Waals surface area contributed by atoms with Crippen molar-refractivity contribution in [1.29, 1.82) is 5.26 Å². The van der Waals surface area contributed by atoms with E-state index in [0.29, 0.717) is 27.1 Å². The van der Waals surface area contributed by atoms with E-state index in [9.17, 15) is 4.79 Å². The molecule has 0 unspecified atom stereocenters. The van der Waals surface area contributed by atoms with Gasteiger partial charge >= 0.3 is 5.97 Å². The van der Waals surface area contributed by atoms with Gasteiger partial charge in [0.05, 0.1) is 16.7 Å². The monoisotopic (exact) mass is 335 g/mol. The van der Waals surface area contributed by atoms with Crippen LogP contribution in [0.2, 0.25) is 10.0 Å². The molecule has 0 bridgehead atoms. The molecule has 0 spiro atoms. The number of benzene rings is 2. The molecule has 0 amide bonds. The van der Waals surface area contributed by atoms with E-state index in [-0.39, 0.29) is 0 Å². The van der Waals surface area contributed by atoms with Crippen molar-refractivity contribution >= 4 is 29.2 Å². The van der Waals surface area contributed by atoms with E-state index in [1.165, 1.54) is 6.07 Å². The van der Waals surface area contributed by atoms with Crippen LogP contribution in [0.1, 0.15) is 12.5 Å². The molecule has 2 aromatic carbocycles. The highest BCUT2D eigenvalue weighted by Gasteiger charge is 2.18. The molecule has 1 atom stereocenters. The van der Waals surface area contributed by atoms with Crippen molar-refractivity contribution in [3.63, 3.8) is 0 Å². The first-order valence-corrected chi connectivity index (χ1v) is 7.09. The molecule has 0 N–H and O–H groups in total. The van der Waals surface area contributed by atoms with Gasteiger partial charge in [-0.05, 0) is 49.4 Å². The Labute approximate surface area is 137 Å². The second kappa shape index (κ2) is 7.17. The number of hydrogen-bond donors (Lipinski definition) is 0. The van der Waals surface area contributed by atoms with Gasteiger partial charge in [0.2, 0.25) is 0 Å². The summed E-state index contributed by atoms with van der Waals surface area (Å²) in [5.74, 6) is 0.104. The van der Waals surface area contributed by atoms with E-state index in [1.54, 1.807) is 43.3 Å². The number of esters is 1. The van der Waals surface area contributed by atoms with E-state index in [0.717, 1.165) is 0 Å². The molecule has 0 saturated carbocycles. The second-order valence-electron chi connectivity index (χ2n) is 4.39. The lowest BCUT2D eigenvalue weighted by molar-refractivity contribution is -0.141. The van der Waals surface area contributed by atoms with Gasteiger partial charge in [0.25, 0.3) is 0 Å².